The Labute approximate surface area is 101 Å². The van der Waals surface area contributed by atoms with Gasteiger partial charge in [0.2, 0.25) is 5.91 Å². The van der Waals surface area contributed by atoms with E-state index < -0.39 is 0 Å². The number of nitrogens with one attached hydrogen (secondary N) is 1. The second-order valence-corrected chi connectivity index (χ2v) is 4.52. The summed E-state index contributed by atoms with van der Waals surface area (Å²) in [6, 6.07) is 0.267. The molecule has 2 heterocycles. The van der Waals surface area contributed by atoms with Crippen molar-refractivity contribution in [2.24, 2.45) is 0 Å². The number of amides is 1. The number of halogens is 1. The summed E-state index contributed by atoms with van der Waals surface area (Å²) in [6.45, 7) is 3.20. The number of carbonyl (C=O) groups is 1. The molecule has 0 aromatic heterocycles. The maximum absolute atomic E-state index is 11.8. The van der Waals surface area contributed by atoms with E-state index in [1.54, 1.807) is 11.8 Å². The summed E-state index contributed by atoms with van der Waals surface area (Å²) in [5.74, 6) is 0.836. The average molecular weight is 253 g/mol. The van der Waals surface area contributed by atoms with E-state index >= 15 is 0 Å². The number of thioether (sulfide) groups is 1. The van der Waals surface area contributed by atoms with Gasteiger partial charge in [-0.3, -0.25) is 4.79 Å². The van der Waals surface area contributed by atoms with Gasteiger partial charge >= 0.3 is 0 Å². The molecule has 88 valence electrons. The highest BCUT2D eigenvalue weighted by Crippen LogP contribution is 2.18. The maximum Gasteiger partial charge on any atom is 0.233 e. The molecule has 15 heavy (non-hydrogen) atoms. The molecule has 6 heteroatoms. The Hall–Kier alpha value is 0.0300. The quantitative estimate of drug-likeness (QED) is 0.750. The Morgan fingerprint density at radius 3 is 3.13 bits per heavy atom. The lowest BCUT2D eigenvalue weighted by atomic mass is 10.1. The lowest BCUT2D eigenvalue weighted by Gasteiger charge is -2.36. The molecule has 1 amide bonds. The van der Waals surface area contributed by atoms with Crippen LogP contribution in [0.1, 0.15) is 0 Å². The lowest BCUT2D eigenvalue weighted by molar-refractivity contribution is -0.139. The zero-order chi connectivity index (χ0) is 9.97. The van der Waals surface area contributed by atoms with E-state index in [0.29, 0.717) is 12.4 Å². The molecule has 2 fully saturated rings. The lowest BCUT2D eigenvalue weighted by Crippen LogP contribution is -2.53. The van der Waals surface area contributed by atoms with Crippen molar-refractivity contribution in [3.05, 3.63) is 0 Å². The molecule has 2 rings (SSSR count). The minimum atomic E-state index is 0. The summed E-state index contributed by atoms with van der Waals surface area (Å²) < 4.78 is 5.60. The van der Waals surface area contributed by atoms with E-state index in [1.165, 1.54) is 0 Å². The summed E-state index contributed by atoms with van der Waals surface area (Å²) in [5, 5.41) is 3.27. The Balaban J connectivity index is 0.00000112. The predicted molar refractivity (Wildman–Crippen MR) is 63.7 cm³/mol. The molecular weight excluding hydrogens is 236 g/mol. The third-order valence-electron chi connectivity index (χ3n) is 2.78. The molecular formula is C9H17ClN2O2S. The largest absolute Gasteiger partial charge is 0.373 e. The first-order valence-electron chi connectivity index (χ1n) is 4.93. The van der Waals surface area contributed by atoms with Crippen LogP contribution in [0.15, 0.2) is 0 Å². The fourth-order valence-electron chi connectivity index (χ4n) is 2.11. The summed E-state index contributed by atoms with van der Waals surface area (Å²) in [5.41, 5.74) is 0. The van der Waals surface area contributed by atoms with Crippen molar-refractivity contribution in [1.82, 2.24) is 10.2 Å². The Bertz CT molecular complexity index is 230. The Morgan fingerprint density at radius 2 is 2.40 bits per heavy atom. The van der Waals surface area contributed by atoms with Crippen molar-refractivity contribution in [2.75, 3.05) is 38.2 Å². The number of morpholine rings is 1. The van der Waals surface area contributed by atoms with Crippen LogP contribution >= 0.6 is 24.2 Å². The predicted octanol–water partition coefficient (Wildman–Crippen LogP) is -0.0296. The number of fused-ring (bicyclic) bond motifs is 1. The minimum absolute atomic E-state index is 0. The van der Waals surface area contributed by atoms with Crippen molar-refractivity contribution in [3.63, 3.8) is 0 Å². The highest BCUT2D eigenvalue weighted by Gasteiger charge is 2.37. The molecule has 4 nitrogen and oxygen atoms in total. The van der Waals surface area contributed by atoms with E-state index in [-0.39, 0.29) is 30.5 Å². The molecule has 2 atom stereocenters. The molecule has 2 aliphatic rings. The molecule has 0 radical (unpaired) electrons. The molecule has 0 aromatic rings. The molecule has 0 spiro atoms. The van der Waals surface area contributed by atoms with Crippen LogP contribution in [0, 0.1) is 0 Å². The molecule has 0 saturated carbocycles. The van der Waals surface area contributed by atoms with Gasteiger partial charge in [-0.15, -0.1) is 12.4 Å². The number of ether oxygens (including phenoxy) is 1. The first-order valence-corrected chi connectivity index (χ1v) is 6.33. The van der Waals surface area contributed by atoms with Crippen LogP contribution in [0.3, 0.4) is 0 Å². The van der Waals surface area contributed by atoms with E-state index in [4.69, 9.17) is 4.74 Å². The SMILES string of the molecule is CSCC(=O)N1CCO[C@@H]2CNC[C@H]21.Cl. The van der Waals surface area contributed by atoms with E-state index in [2.05, 4.69) is 5.32 Å². The maximum atomic E-state index is 11.8. The van der Waals surface area contributed by atoms with Crippen molar-refractivity contribution >= 4 is 30.1 Å². The van der Waals surface area contributed by atoms with Gasteiger partial charge in [-0.05, 0) is 6.26 Å². The molecule has 0 aliphatic carbocycles. The molecule has 0 bridgehead atoms. The van der Waals surface area contributed by atoms with Gasteiger partial charge in [0.05, 0.1) is 24.5 Å². The minimum Gasteiger partial charge on any atom is -0.373 e. The Kier molecular flexibility index (Phi) is 5.18. The van der Waals surface area contributed by atoms with Crippen molar-refractivity contribution in [2.45, 2.75) is 12.1 Å². The van der Waals surface area contributed by atoms with Gasteiger partial charge in [-0.1, -0.05) is 0 Å². The van der Waals surface area contributed by atoms with Crippen LogP contribution in [0.2, 0.25) is 0 Å². The van der Waals surface area contributed by atoms with Crippen LogP contribution in [-0.2, 0) is 9.53 Å². The standard InChI is InChI=1S/C9H16N2O2S.ClH/c1-14-6-9(12)11-2-3-13-8-5-10-4-7(8)11;/h7-8,10H,2-6H2,1H3;1H/t7-,8-;/m1./s1. The van der Waals surface area contributed by atoms with Gasteiger partial charge in [0, 0.05) is 19.6 Å². The number of carbonyl (C=O) groups excluding carboxylic acids is 1. The Morgan fingerprint density at radius 1 is 1.60 bits per heavy atom. The molecule has 1 N–H and O–H groups in total. The van der Waals surface area contributed by atoms with Crippen LogP contribution in [0.4, 0.5) is 0 Å². The molecule has 0 unspecified atom stereocenters. The van der Waals surface area contributed by atoms with Crippen molar-refractivity contribution in [1.29, 1.82) is 0 Å². The average Bonchev–Trinajstić information content (AvgIpc) is 2.65. The first-order chi connectivity index (χ1) is 6.83. The van der Waals surface area contributed by atoms with Crippen molar-refractivity contribution < 1.29 is 9.53 Å². The van der Waals surface area contributed by atoms with Gasteiger partial charge in [0.25, 0.3) is 0 Å². The van der Waals surface area contributed by atoms with Gasteiger partial charge in [-0.2, -0.15) is 11.8 Å². The second kappa shape index (κ2) is 5.94. The molecule has 0 aromatic carbocycles. The van der Waals surface area contributed by atoms with Crippen LogP contribution in [0.5, 0.6) is 0 Å². The number of rotatable bonds is 2. The topological polar surface area (TPSA) is 41.6 Å². The zero-order valence-corrected chi connectivity index (χ0v) is 10.4. The van der Waals surface area contributed by atoms with Gasteiger partial charge in [-0.25, -0.2) is 0 Å². The van der Waals surface area contributed by atoms with E-state index in [1.807, 2.05) is 11.2 Å². The normalized spacial score (nSPS) is 29.5. The van der Waals surface area contributed by atoms with Gasteiger partial charge < -0.3 is 15.0 Å². The molecule has 2 aliphatic heterocycles. The summed E-state index contributed by atoms with van der Waals surface area (Å²) in [6.07, 6.45) is 2.18. The summed E-state index contributed by atoms with van der Waals surface area (Å²) in [4.78, 5) is 13.7. The van der Waals surface area contributed by atoms with E-state index in [0.717, 1.165) is 19.6 Å². The third-order valence-corrected chi connectivity index (χ3v) is 3.32. The summed E-state index contributed by atoms with van der Waals surface area (Å²) >= 11 is 1.59. The number of nitrogens with zero attached hydrogens (tertiary/aromatic N) is 1. The van der Waals surface area contributed by atoms with Gasteiger partial charge in [0.1, 0.15) is 0 Å². The fourth-order valence-corrected chi connectivity index (χ4v) is 2.52. The number of hydrogen-bond donors (Lipinski definition) is 1. The number of hydrogen-bond acceptors (Lipinski definition) is 4. The molecule has 2 saturated heterocycles. The zero-order valence-electron chi connectivity index (χ0n) is 8.77. The second-order valence-electron chi connectivity index (χ2n) is 3.65. The fraction of sp³-hybridized carbons (Fsp3) is 0.889. The summed E-state index contributed by atoms with van der Waals surface area (Å²) in [7, 11) is 0. The van der Waals surface area contributed by atoms with Crippen LogP contribution in [0.25, 0.3) is 0 Å². The van der Waals surface area contributed by atoms with Gasteiger partial charge in [0.15, 0.2) is 0 Å². The van der Waals surface area contributed by atoms with Crippen molar-refractivity contribution in [3.8, 4) is 0 Å². The van der Waals surface area contributed by atoms with E-state index in [9.17, 15) is 4.79 Å². The highest BCUT2D eigenvalue weighted by atomic mass is 35.5. The monoisotopic (exact) mass is 252 g/mol. The third kappa shape index (κ3) is 2.78. The first kappa shape index (κ1) is 13.1. The van der Waals surface area contributed by atoms with Crippen LogP contribution in [-0.4, -0.2) is 61.2 Å². The van der Waals surface area contributed by atoms with Crippen LogP contribution < -0.4 is 5.32 Å². The highest BCUT2D eigenvalue weighted by molar-refractivity contribution is 7.99. The smallest absolute Gasteiger partial charge is 0.233 e.